The Morgan fingerprint density at radius 1 is 1.07 bits per heavy atom. The molecule has 6 nitrogen and oxygen atoms in total. The van der Waals surface area contributed by atoms with E-state index in [0.717, 1.165) is 22.6 Å². The lowest BCUT2D eigenvalue weighted by atomic mass is 10.2. The Bertz CT molecular complexity index is 870. The number of nitrogens with one attached hydrogen (secondary N) is 1. The van der Waals surface area contributed by atoms with Crippen LogP contribution in [0.1, 0.15) is 29.8 Å². The van der Waals surface area contributed by atoms with E-state index in [1.807, 2.05) is 61.5 Å². The van der Waals surface area contributed by atoms with Crippen LogP contribution in [0.4, 0.5) is 4.79 Å². The molecular weight excluding hydrogens is 352 g/mol. The Morgan fingerprint density at radius 3 is 2.57 bits per heavy atom. The zero-order chi connectivity index (χ0) is 19.8. The van der Waals surface area contributed by atoms with Crippen molar-refractivity contribution in [3.63, 3.8) is 0 Å². The summed E-state index contributed by atoms with van der Waals surface area (Å²) in [7, 11) is 1.77. The number of nitrogens with zero attached hydrogens (tertiary/aromatic N) is 3. The standard InChI is InChI=1S/C22H24N4O2/c1-17(21-7-3-4-13-24-21)26(2)22(27)25-15-18-8-10-20(11-9-18)28-16-19-6-5-12-23-14-19/h3-14,17H,15-16H2,1-2H3,(H,25,27). The van der Waals surface area contributed by atoms with Crippen molar-refractivity contribution in [3.05, 3.63) is 90.0 Å². The summed E-state index contributed by atoms with van der Waals surface area (Å²) in [5.74, 6) is 0.778. The normalized spacial score (nSPS) is 11.5. The zero-order valence-electron chi connectivity index (χ0n) is 16.1. The van der Waals surface area contributed by atoms with E-state index < -0.39 is 0 Å². The Balaban J connectivity index is 1.48. The van der Waals surface area contributed by atoms with Crippen molar-refractivity contribution in [2.45, 2.75) is 26.1 Å². The summed E-state index contributed by atoms with van der Waals surface area (Å²) < 4.78 is 5.75. The smallest absolute Gasteiger partial charge is 0.317 e. The fourth-order valence-electron chi connectivity index (χ4n) is 2.65. The second-order valence-corrected chi connectivity index (χ2v) is 6.49. The first-order valence-corrected chi connectivity index (χ1v) is 9.15. The van der Waals surface area contributed by atoms with Crippen molar-refractivity contribution in [1.82, 2.24) is 20.2 Å². The lowest BCUT2D eigenvalue weighted by molar-refractivity contribution is 0.193. The average molecular weight is 376 g/mol. The van der Waals surface area contributed by atoms with Crippen LogP contribution in [0.5, 0.6) is 5.75 Å². The lowest BCUT2D eigenvalue weighted by Crippen LogP contribution is -2.38. The third-order valence-corrected chi connectivity index (χ3v) is 4.51. The van der Waals surface area contributed by atoms with Gasteiger partial charge in [-0.3, -0.25) is 9.97 Å². The second-order valence-electron chi connectivity index (χ2n) is 6.49. The van der Waals surface area contributed by atoms with Gasteiger partial charge in [-0.15, -0.1) is 0 Å². The van der Waals surface area contributed by atoms with Gasteiger partial charge in [-0.2, -0.15) is 0 Å². The molecule has 2 amide bonds. The van der Waals surface area contributed by atoms with Crippen molar-refractivity contribution in [3.8, 4) is 5.75 Å². The summed E-state index contributed by atoms with van der Waals surface area (Å²) in [6.45, 7) is 2.87. The van der Waals surface area contributed by atoms with Gasteiger partial charge in [0.15, 0.2) is 0 Å². The minimum atomic E-state index is -0.143. The molecule has 0 aliphatic carbocycles. The highest BCUT2D eigenvalue weighted by Gasteiger charge is 2.17. The van der Waals surface area contributed by atoms with Crippen LogP contribution in [-0.4, -0.2) is 27.9 Å². The van der Waals surface area contributed by atoms with Gasteiger partial charge in [0, 0.05) is 37.7 Å². The first-order valence-electron chi connectivity index (χ1n) is 9.15. The molecular formula is C22H24N4O2. The molecule has 144 valence electrons. The number of urea groups is 1. The fraction of sp³-hybridized carbons (Fsp3) is 0.227. The van der Waals surface area contributed by atoms with Gasteiger partial charge in [0.2, 0.25) is 0 Å². The van der Waals surface area contributed by atoms with Gasteiger partial charge in [0.05, 0.1) is 11.7 Å². The number of aromatic nitrogens is 2. The molecule has 1 atom stereocenters. The Labute approximate surface area is 165 Å². The van der Waals surface area contributed by atoms with E-state index in [1.165, 1.54) is 0 Å². The number of ether oxygens (including phenoxy) is 1. The fourth-order valence-corrected chi connectivity index (χ4v) is 2.65. The average Bonchev–Trinajstić information content (AvgIpc) is 2.77. The molecule has 6 heteroatoms. The summed E-state index contributed by atoms with van der Waals surface area (Å²) in [5, 5.41) is 2.94. The topological polar surface area (TPSA) is 67.4 Å². The van der Waals surface area contributed by atoms with Crippen LogP contribution in [0, 0.1) is 0 Å². The van der Waals surface area contributed by atoms with E-state index in [0.29, 0.717) is 13.2 Å². The monoisotopic (exact) mass is 376 g/mol. The summed E-state index contributed by atoms with van der Waals surface area (Å²) in [6, 6.07) is 17.0. The van der Waals surface area contributed by atoms with Gasteiger partial charge in [-0.1, -0.05) is 24.3 Å². The first kappa shape index (κ1) is 19.4. The maximum absolute atomic E-state index is 12.4. The van der Waals surface area contributed by atoms with E-state index in [2.05, 4.69) is 15.3 Å². The predicted molar refractivity (Wildman–Crippen MR) is 108 cm³/mol. The van der Waals surface area contributed by atoms with E-state index >= 15 is 0 Å². The molecule has 3 rings (SSSR count). The highest BCUT2D eigenvalue weighted by Crippen LogP contribution is 2.17. The minimum absolute atomic E-state index is 0.107. The van der Waals surface area contributed by atoms with Crippen LogP contribution in [0.25, 0.3) is 0 Å². The summed E-state index contributed by atoms with van der Waals surface area (Å²) in [5.41, 5.74) is 2.88. The van der Waals surface area contributed by atoms with Gasteiger partial charge in [-0.05, 0) is 42.8 Å². The van der Waals surface area contributed by atoms with Crippen molar-refractivity contribution < 1.29 is 9.53 Å². The van der Waals surface area contributed by atoms with Crippen molar-refractivity contribution >= 4 is 6.03 Å². The predicted octanol–water partition coefficient (Wildman–Crippen LogP) is 3.96. The van der Waals surface area contributed by atoms with E-state index in [-0.39, 0.29) is 12.1 Å². The van der Waals surface area contributed by atoms with E-state index in [4.69, 9.17) is 4.74 Å². The summed E-state index contributed by atoms with van der Waals surface area (Å²) in [4.78, 5) is 22.4. The number of hydrogen-bond donors (Lipinski definition) is 1. The quantitative estimate of drug-likeness (QED) is 0.678. The number of hydrogen-bond acceptors (Lipinski definition) is 4. The molecule has 1 aromatic carbocycles. The Hall–Kier alpha value is -3.41. The molecule has 1 N–H and O–H groups in total. The van der Waals surface area contributed by atoms with Gasteiger partial charge in [-0.25, -0.2) is 4.79 Å². The Morgan fingerprint density at radius 2 is 1.89 bits per heavy atom. The van der Waals surface area contributed by atoms with Gasteiger partial charge >= 0.3 is 6.03 Å². The first-order chi connectivity index (χ1) is 13.6. The largest absolute Gasteiger partial charge is 0.489 e. The highest BCUT2D eigenvalue weighted by molar-refractivity contribution is 5.74. The second kappa shape index (κ2) is 9.50. The third-order valence-electron chi connectivity index (χ3n) is 4.51. The molecule has 1 unspecified atom stereocenters. The summed E-state index contributed by atoms with van der Waals surface area (Å²) in [6.07, 6.45) is 5.25. The van der Waals surface area contributed by atoms with Crippen LogP contribution < -0.4 is 10.1 Å². The third kappa shape index (κ3) is 5.30. The molecule has 0 radical (unpaired) electrons. The molecule has 0 saturated carbocycles. The van der Waals surface area contributed by atoms with Crippen molar-refractivity contribution in [1.29, 1.82) is 0 Å². The number of rotatable bonds is 7. The maximum Gasteiger partial charge on any atom is 0.317 e. The van der Waals surface area contributed by atoms with Crippen LogP contribution in [-0.2, 0) is 13.2 Å². The molecule has 0 spiro atoms. The molecule has 0 bridgehead atoms. The zero-order valence-corrected chi connectivity index (χ0v) is 16.1. The van der Waals surface area contributed by atoms with Crippen LogP contribution in [0.2, 0.25) is 0 Å². The van der Waals surface area contributed by atoms with Crippen molar-refractivity contribution in [2.75, 3.05) is 7.05 Å². The van der Waals surface area contributed by atoms with E-state index in [1.54, 1.807) is 30.5 Å². The lowest BCUT2D eigenvalue weighted by Gasteiger charge is -2.24. The number of carbonyl (C=O) groups excluding carboxylic acids is 1. The molecule has 0 aliphatic rings. The van der Waals surface area contributed by atoms with Gasteiger partial charge in [0.25, 0.3) is 0 Å². The summed E-state index contributed by atoms with van der Waals surface area (Å²) >= 11 is 0. The molecule has 0 saturated heterocycles. The minimum Gasteiger partial charge on any atom is -0.489 e. The molecule has 3 aromatic rings. The SMILES string of the molecule is CC(c1ccccn1)N(C)C(=O)NCc1ccc(OCc2cccnc2)cc1. The number of pyridine rings is 2. The van der Waals surface area contributed by atoms with Crippen LogP contribution >= 0.6 is 0 Å². The van der Waals surface area contributed by atoms with Crippen LogP contribution in [0.15, 0.2) is 73.2 Å². The number of benzene rings is 1. The Kier molecular flexibility index (Phi) is 6.57. The van der Waals surface area contributed by atoms with Gasteiger partial charge < -0.3 is 15.0 Å². The highest BCUT2D eigenvalue weighted by atomic mass is 16.5. The molecule has 0 aliphatic heterocycles. The molecule has 0 fully saturated rings. The van der Waals surface area contributed by atoms with Crippen molar-refractivity contribution in [2.24, 2.45) is 0 Å². The molecule has 2 aromatic heterocycles. The van der Waals surface area contributed by atoms with E-state index in [9.17, 15) is 4.79 Å². The van der Waals surface area contributed by atoms with Gasteiger partial charge in [0.1, 0.15) is 12.4 Å². The number of amides is 2. The number of carbonyl (C=O) groups is 1. The molecule has 28 heavy (non-hydrogen) atoms. The molecule has 2 heterocycles. The maximum atomic E-state index is 12.4. The van der Waals surface area contributed by atoms with Crippen LogP contribution in [0.3, 0.4) is 0 Å².